The van der Waals surface area contributed by atoms with Gasteiger partial charge in [0.2, 0.25) is 0 Å². The molecule has 1 saturated heterocycles. The Morgan fingerprint density at radius 3 is 2.38 bits per heavy atom. The molecule has 0 N–H and O–H groups in total. The highest BCUT2D eigenvalue weighted by Crippen LogP contribution is 2.26. The predicted molar refractivity (Wildman–Crippen MR) is 103 cm³/mol. The largest absolute Gasteiger partial charge is 0.497 e. The number of rotatable bonds is 7. The lowest BCUT2D eigenvalue weighted by atomic mass is 10.1. The molecule has 1 aliphatic rings. The summed E-state index contributed by atoms with van der Waals surface area (Å²) in [6.45, 7) is 3.79. The van der Waals surface area contributed by atoms with E-state index < -0.39 is 9.84 Å². The number of piperidine rings is 1. The van der Waals surface area contributed by atoms with Crippen molar-refractivity contribution in [2.45, 2.75) is 43.7 Å². The van der Waals surface area contributed by atoms with Gasteiger partial charge < -0.3 is 9.30 Å². The molecule has 2 aromatic rings. The van der Waals surface area contributed by atoms with Crippen LogP contribution in [0.15, 0.2) is 47.6 Å². The molecule has 1 aromatic heterocycles. The normalized spacial score (nSPS) is 17.2. The van der Waals surface area contributed by atoms with Gasteiger partial charge in [0.1, 0.15) is 5.75 Å². The maximum atomic E-state index is 12.2. The lowest BCUT2D eigenvalue weighted by molar-refractivity contribution is 0.113. The lowest BCUT2D eigenvalue weighted by Crippen LogP contribution is -2.37. The van der Waals surface area contributed by atoms with Gasteiger partial charge in [-0.2, -0.15) is 0 Å². The third-order valence-electron chi connectivity index (χ3n) is 5.16. The van der Waals surface area contributed by atoms with E-state index in [9.17, 15) is 8.42 Å². The zero-order valence-corrected chi connectivity index (χ0v) is 16.4. The Balaban J connectivity index is 1.87. The summed E-state index contributed by atoms with van der Waals surface area (Å²) in [6, 6.07) is 9.85. The topological polar surface area (TPSA) is 51.5 Å². The Kier molecular flexibility index (Phi) is 6.04. The van der Waals surface area contributed by atoms with Gasteiger partial charge in [-0.25, -0.2) is 8.42 Å². The zero-order chi connectivity index (χ0) is 18.6. The molecule has 0 saturated carbocycles. The summed E-state index contributed by atoms with van der Waals surface area (Å²) in [4.78, 5) is 2.88. The fourth-order valence-corrected chi connectivity index (χ4v) is 4.42. The van der Waals surface area contributed by atoms with Gasteiger partial charge in [-0.15, -0.1) is 0 Å². The SMILES string of the molecule is CCS(=O)(=O)c1ccn(C(Cc2ccc(OC)cc2)N2CCCCC2)c1. The van der Waals surface area contributed by atoms with Gasteiger partial charge >= 0.3 is 0 Å². The molecule has 1 fully saturated rings. The van der Waals surface area contributed by atoms with Gasteiger partial charge in [-0.1, -0.05) is 25.5 Å². The number of aromatic nitrogens is 1. The summed E-state index contributed by atoms with van der Waals surface area (Å²) in [5, 5.41) is 0. The molecule has 0 aliphatic carbocycles. The zero-order valence-electron chi connectivity index (χ0n) is 15.6. The third kappa shape index (κ3) is 4.30. The first-order valence-electron chi connectivity index (χ1n) is 9.30. The van der Waals surface area contributed by atoms with Crippen molar-refractivity contribution >= 4 is 9.84 Å². The molecule has 1 aromatic carbocycles. The van der Waals surface area contributed by atoms with Crippen molar-refractivity contribution in [3.05, 3.63) is 48.3 Å². The molecule has 6 heteroatoms. The first kappa shape index (κ1) is 19.0. The van der Waals surface area contributed by atoms with Gasteiger partial charge in [0.05, 0.1) is 23.9 Å². The number of nitrogens with zero attached hydrogens (tertiary/aromatic N) is 2. The fraction of sp³-hybridized carbons (Fsp3) is 0.500. The van der Waals surface area contributed by atoms with Gasteiger partial charge in [0.15, 0.2) is 9.84 Å². The van der Waals surface area contributed by atoms with Crippen LogP contribution >= 0.6 is 0 Å². The summed E-state index contributed by atoms with van der Waals surface area (Å²) < 4.78 is 31.7. The molecule has 5 nitrogen and oxygen atoms in total. The average molecular weight is 377 g/mol. The lowest BCUT2D eigenvalue weighted by Gasteiger charge is -2.35. The average Bonchev–Trinajstić information content (AvgIpc) is 3.18. The van der Waals surface area contributed by atoms with E-state index in [1.165, 1.54) is 24.8 Å². The van der Waals surface area contributed by atoms with E-state index in [0.717, 1.165) is 25.3 Å². The number of benzene rings is 1. The smallest absolute Gasteiger partial charge is 0.179 e. The minimum absolute atomic E-state index is 0.129. The standard InChI is InChI=1S/C20H28N2O3S/c1-3-26(23,24)19-11-14-22(16-19)20(21-12-5-4-6-13-21)15-17-7-9-18(25-2)10-8-17/h7-11,14,16,20H,3-6,12-13,15H2,1-2H3. The van der Waals surface area contributed by atoms with E-state index in [0.29, 0.717) is 4.90 Å². The number of methoxy groups -OCH3 is 1. The highest BCUT2D eigenvalue weighted by molar-refractivity contribution is 7.91. The highest BCUT2D eigenvalue weighted by Gasteiger charge is 2.24. The number of hydrogen-bond donors (Lipinski definition) is 0. The van der Waals surface area contributed by atoms with Crippen molar-refractivity contribution < 1.29 is 13.2 Å². The molecular formula is C20H28N2O3S. The summed E-state index contributed by atoms with van der Waals surface area (Å²) >= 11 is 0. The molecule has 0 bridgehead atoms. The Morgan fingerprint density at radius 1 is 1.08 bits per heavy atom. The molecule has 1 atom stereocenters. The second kappa shape index (κ2) is 8.27. The van der Waals surface area contributed by atoms with Gasteiger partial charge in [-0.05, 0) is 36.6 Å². The molecule has 142 valence electrons. The van der Waals surface area contributed by atoms with Gasteiger partial charge in [-0.3, -0.25) is 4.90 Å². The van der Waals surface area contributed by atoms with Crippen LogP contribution < -0.4 is 4.74 Å². The van der Waals surface area contributed by atoms with E-state index in [4.69, 9.17) is 4.74 Å². The molecule has 0 amide bonds. The summed E-state index contributed by atoms with van der Waals surface area (Å²) in [7, 11) is -1.51. The maximum Gasteiger partial charge on any atom is 0.179 e. The molecule has 3 rings (SSSR count). The van der Waals surface area contributed by atoms with Gasteiger partial charge in [0.25, 0.3) is 0 Å². The summed E-state index contributed by atoms with van der Waals surface area (Å²) in [5.41, 5.74) is 1.22. The summed E-state index contributed by atoms with van der Waals surface area (Å²) in [5.74, 6) is 0.977. The van der Waals surface area contributed by atoms with Crippen LogP contribution in [0.1, 0.15) is 37.9 Å². The van der Waals surface area contributed by atoms with Crippen LogP contribution in [0.5, 0.6) is 5.75 Å². The molecule has 0 spiro atoms. The van der Waals surface area contributed by atoms with Crippen molar-refractivity contribution in [2.24, 2.45) is 0 Å². The Labute approximate surface area is 156 Å². The van der Waals surface area contributed by atoms with Crippen molar-refractivity contribution in [3.8, 4) is 5.75 Å². The van der Waals surface area contributed by atoms with Crippen LogP contribution in [-0.2, 0) is 16.3 Å². The Hall–Kier alpha value is -1.79. The van der Waals surface area contributed by atoms with Crippen LogP contribution in [0.2, 0.25) is 0 Å². The van der Waals surface area contributed by atoms with E-state index in [1.54, 1.807) is 26.3 Å². The Morgan fingerprint density at radius 2 is 1.77 bits per heavy atom. The maximum absolute atomic E-state index is 12.2. The number of ether oxygens (including phenoxy) is 1. The van der Waals surface area contributed by atoms with Crippen LogP contribution in [0.4, 0.5) is 0 Å². The first-order chi connectivity index (χ1) is 12.5. The molecule has 1 aliphatic heterocycles. The van der Waals surface area contributed by atoms with Crippen molar-refractivity contribution in [1.29, 1.82) is 0 Å². The van der Waals surface area contributed by atoms with Crippen LogP contribution in [0, 0.1) is 0 Å². The minimum atomic E-state index is -3.18. The number of hydrogen-bond acceptors (Lipinski definition) is 4. The fourth-order valence-electron chi connectivity index (χ4n) is 3.54. The molecule has 0 radical (unpaired) electrons. The van der Waals surface area contributed by atoms with E-state index in [1.807, 2.05) is 18.3 Å². The monoisotopic (exact) mass is 376 g/mol. The van der Waals surface area contributed by atoms with E-state index in [-0.39, 0.29) is 11.9 Å². The van der Waals surface area contributed by atoms with Crippen LogP contribution in [-0.4, -0.2) is 43.8 Å². The van der Waals surface area contributed by atoms with Crippen LogP contribution in [0.3, 0.4) is 0 Å². The Bertz CT molecular complexity index is 806. The summed E-state index contributed by atoms with van der Waals surface area (Å²) in [6.07, 6.45) is 8.33. The molecule has 2 heterocycles. The van der Waals surface area contributed by atoms with Crippen LogP contribution in [0.25, 0.3) is 0 Å². The molecular weight excluding hydrogens is 348 g/mol. The number of likely N-dealkylation sites (tertiary alicyclic amines) is 1. The van der Waals surface area contributed by atoms with Crippen molar-refractivity contribution in [3.63, 3.8) is 0 Å². The predicted octanol–water partition coefficient (Wildman–Crippen LogP) is 3.52. The van der Waals surface area contributed by atoms with Crippen molar-refractivity contribution in [2.75, 3.05) is 26.0 Å². The highest BCUT2D eigenvalue weighted by atomic mass is 32.2. The minimum Gasteiger partial charge on any atom is -0.497 e. The third-order valence-corrected chi connectivity index (χ3v) is 6.88. The molecule has 26 heavy (non-hydrogen) atoms. The van der Waals surface area contributed by atoms with E-state index in [2.05, 4.69) is 21.6 Å². The molecule has 1 unspecified atom stereocenters. The quantitative estimate of drug-likeness (QED) is 0.742. The first-order valence-corrected chi connectivity index (χ1v) is 11.0. The number of sulfone groups is 1. The second-order valence-corrected chi connectivity index (χ2v) is 9.11. The second-order valence-electron chi connectivity index (χ2n) is 6.83. The van der Waals surface area contributed by atoms with Gasteiger partial charge in [0, 0.05) is 31.9 Å². The van der Waals surface area contributed by atoms with Crippen molar-refractivity contribution in [1.82, 2.24) is 9.47 Å². The van der Waals surface area contributed by atoms with E-state index >= 15 is 0 Å².